The van der Waals surface area contributed by atoms with Crippen LogP contribution in [-0.2, 0) is 0 Å². The summed E-state index contributed by atoms with van der Waals surface area (Å²) < 4.78 is 38.9. The third-order valence-electron chi connectivity index (χ3n) is 2.24. The van der Waals surface area contributed by atoms with Crippen LogP contribution in [0.15, 0.2) is 17.7 Å². The number of halogens is 2. The van der Waals surface area contributed by atoms with Crippen molar-refractivity contribution >= 4 is 6.08 Å². The SMILES string of the molecule is COc1cc(C=C(C#N)C#N)cc(OC)c1OC(F)F. The summed E-state index contributed by atoms with van der Waals surface area (Å²) in [5, 5.41) is 17.4. The smallest absolute Gasteiger partial charge is 0.387 e. The van der Waals surface area contributed by atoms with E-state index in [2.05, 4.69) is 4.74 Å². The van der Waals surface area contributed by atoms with Crippen molar-refractivity contribution in [3.8, 4) is 29.4 Å². The third kappa shape index (κ3) is 3.59. The van der Waals surface area contributed by atoms with E-state index in [-0.39, 0.29) is 22.8 Å². The lowest BCUT2D eigenvalue weighted by molar-refractivity contribution is -0.0526. The molecule has 104 valence electrons. The molecular weight excluding hydrogens is 270 g/mol. The molecule has 0 N–H and O–H groups in total. The van der Waals surface area contributed by atoms with Crippen LogP contribution in [0.25, 0.3) is 6.08 Å². The van der Waals surface area contributed by atoms with Crippen LogP contribution in [0.1, 0.15) is 5.56 Å². The highest BCUT2D eigenvalue weighted by Gasteiger charge is 2.17. The van der Waals surface area contributed by atoms with Crippen LogP contribution in [-0.4, -0.2) is 20.8 Å². The number of alkyl halides is 2. The first-order valence-electron chi connectivity index (χ1n) is 5.28. The van der Waals surface area contributed by atoms with Gasteiger partial charge in [-0.2, -0.15) is 19.3 Å². The number of hydrogen-bond acceptors (Lipinski definition) is 5. The van der Waals surface area contributed by atoms with Crippen molar-refractivity contribution < 1.29 is 23.0 Å². The van der Waals surface area contributed by atoms with Gasteiger partial charge in [0.25, 0.3) is 0 Å². The molecule has 1 aromatic carbocycles. The molecule has 0 aliphatic rings. The normalized spacial score (nSPS) is 9.35. The molecule has 0 unspecified atom stereocenters. The zero-order valence-electron chi connectivity index (χ0n) is 10.7. The average molecular weight is 280 g/mol. The number of hydrogen-bond donors (Lipinski definition) is 0. The van der Waals surface area contributed by atoms with Gasteiger partial charge in [0.1, 0.15) is 17.7 Å². The Hall–Kier alpha value is -2.80. The number of nitrogens with zero attached hydrogens (tertiary/aromatic N) is 2. The summed E-state index contributed by atoms with van der Waals surface area (Å²) in [6.07, 6.45) is 1.27. The van der Waals surface area contributed by atoms with Gasteiger partial charge in [0.2, 0.25) is 5.75 Å². The number of methoxy groups -OCH3 is 2. The Bertz CT molecular complexity index is 560. The number of nitriles is 2. The van der Waals surface area contributed by atoms with Gasteiger partial charge in [0.15, 0.2) is 11.5 Å². The van der Waals surface area contributed by atoms with Crippen molar-refractivity contribution in [3.05, 3.63) is 23.3 Å². The van der Waals surface area contributed by atoms with E-state index in [0.717, 1.165) is 0 Å². The molecule has 0 bridgehead atoms. The fourth-order valence-electron chi connectivity index (χ4n) is 1.44. The van der Waals surface area contributed by atoms with Crippen molar-refractivity contribution in [2.24, 2.45) is 0 Å². The molecular formula is C13H10F2N2O3. The van der Waals surface area contributed by atoms with E-state index in [1.54, 1.807) is 12.1 Å². The van der Waals surface area contributed by atoms with E-state index in [9.17, 15) is 8.78 Å². The minimum absolute atomic E-state index is 0.00568. The zero-order chi connectivity index (χ0) is 15.1. The summed E-state index contributed by atoms with van der Waals surface area (Å²) in [5.74, 6) is -0.241. The lowest BCUT2D eigenvalue weighted by Crippen LogP contribution is -2.05. The summed E-state index contributed by atoms with van der Waals surface area (Å²) in [6.45, 7) is -3.03. The molecule has 0 fully saturated rings. The lowest BCUT2D eigenvalue weighted by Gasteiger charge is -2.14. The van der Waals surface area contributed by atoms with E-state index in [1.165, 1.54) is 32.4 Å². The van der Waals surface area contributed by atoms with Gasteiger partial charge in [0.05, 0.1) is 14.2 Å². The topological polar surface area (TPSA) is 75.3 Å². The van der Waals surface area contributed by atoms with Crippen molar-refractivity contribution in [2.75, 3.05) is 14.2 Å². The molecule has 0 atom stereocenters. The standard InChI is InChI=1S/C13H10F2N2O3/c1-18-10-4-8(3-9(6-16)7-17)5-11(19-2)12(10)20-13(14)15/h3-5,13H,1-2H3. The highest BCUT2D eigenvalue weighted by atomic mass is 19.3. The Morgan fingerprint density at radius 2 is 1.65 bits per heavy atom. The Morgan fingerprint density at radius 1 is 1.15 bits per heavy atom. The van der Waals surface area contributed by atoms with Crippen LogP contribution in [0.4, 0.5) is 8.78 Å². The molecule has 0 aliphatic carbocycles. The van der Waals surface area contributed by atoms with Crippen LogP contribution in [0, 0.1) is 22.7 Å². The van der Waals surface area contributed by atoms with Crippen LogP contribution < -0.4 is 14.2 Å². The van der Waals surface area contributed by atoms with Crippen molar-refractivity contribution in [1.29, 1.82) is 10.5 Å². The maximum Gasteiger partial charge on any atom is 0.387 e. The Labute approximate surface area is 114 Å². The lowest BCUT2D eigenvalue weighted by atomic mass is 10.1. The molecule has 0 saturated carbocycles. The zero-order valence-corrected chi connectivity index (χ0v) is 10.7. The van der Waals surface area contributed by atoms with Crippen molar-refractivity contribution in [3.63, 3.8) is 0 Å². The molecule has 7 heteroatoms. The van der Waals surface area contributed by atoms with Gasteiger partial charge in [0, 0.05) is 0 Å². The van der Waals surface area contributed by atoms with Crippen LogP contribution in [0.5, 0.6) is 17.2 Å². The van der Waals surface area contributed by atoms with Crippen molar-refractivity contribution in [2.45, 2.75) is 6.61 Å². The molecule has 1 aromatic rings. The summed E-state index contributed by atoms with van der Waals surface area (Å²) in [5.41, 5.74) is 0.245. The number of rotatable bonds is 5. The van der Waals surface area contributed by atoms with Gasteiger partial charge in [-0.05, 0) is 23.8 Å². The van der Waals surface area contributed by atoms with Gasteiger partial charge < -0.3 is 14.2 Å². The summed E-state index contributed by atoms with van der Waals surface area (Å²) >= 11 is 0. The molecule has 0 aromatic heterocycles. The number of allylic oxidation sites excluding steroid dienone is 1. The fourth-order valence-corrected chi connectivity index (χ4v) is 1.44. The Balaban J connectivity index is 3.37. The van der Waals surface area contributed by atoms with Crippen molar-refractivity contribution in [1.82, 2.24) is 0 Å². The molecule has 0 aliphatic heterocycles. The second-order valence-electron chi connectivity index (χ2n) is 3.41. The third-order valence-corrected chi connectivity index (χ3v) is 2.24. The van der Waals surface area contributed by atoms with Gasteiger partial charge in [-0.25, -0.2) is 0 Å². The number of benzene rings is 1. The van der Waals surface area contributed by atoms with Crippen LogP contribution in [0.3, 0.4) is 0 Å². The number of ether oxygens (including phenoxy) is 3. The van der Waals surface area contributed by atoms with Gasteiger partial charge in [-0.15, -0.1) is 0 Å². The summed E-state index contributed by atoms with van der Waals surface area (Å²) in [6, 6.07) is 6.09. The average Bonchev–Trinajstić information content (AvgIpc) is 2.44. The molecule has 0 amide bonds. The van der Waals surface area contributed by atoms with E-state index < -0.39 is 6.61 Å². The van der Waals surface area contributed by atoms with Gasteiger partial charge in [-0.3, -0.25) is 0 Å². The molecule has 0 saturated heterocycles. The summed E-state index contributed by atoms with van der Waals surface area (Å²) in [7, 11) is 2.55. The minimum Gasteiger partial charge on any atom is -0.493 e. The quantitative estimate of drug-likeness (QED) is 0.775. The molecule has 0 heterocycles. The maximum absolute atomic E-state index is 12.3. The first-order chi connectivity index (χ1) is 9.55. The summed E-state index contributed by atoms with van der Waals surface area (Å²) in [4.78, 5) is 0. The monoisotopic (exact) mass is 280 g/mol. The van der Waals surface area contributed by atoms with Crippen LogP contribution >= 0.6 is 0 Å². The molecule has 5 nitrogen and oxygen atoms in total. The minimum atomic E-state index is -3.03. The molecule has 20 heavy (non-hydrogen) atoms. The Morgan fingerprint density at radius 3 is 2.00 bits per heavy atom. The second kappa shape index (κ2) is 6.95. The molecule has 0 radical (unpaired) electrons. The predicted octanol–water partition coefficient (Wildman–Crippen LogP) is 2.74. The van der Waals surface area contributed by atoms with E-state index in [0.29, 0.717) is 5.56 Å². The highest BCUT2D eigenvalue weighted by molar-refractivity contribution is 5.67. The first kappa shape index (κ1) is 15.3. The van der Waals surface area contributed by atoms with Gasteiger partial charge >= 0.3 is 6.61 Å². The fraction of sp³-hybridized carbons (Fsp3) is 0.231. The second-order valence-corrected chi connectivity index (χ2v) is 3.41. The largest absolute Gasteiger partial charge is 0.493 e. The maximum atomic E-state index is 12.3. The Kier molecular flexibility index (Phi) is 5.31. The first-order valence-corrected chi connectivity index (χ1v) is 5.28. The van der Waals surface area contributed by atoms with E-state index >= 15 is 0 Å². The highest BCUT2D eigenvalue weighted by Crippen LogP contribution is 2.39. The predicted molar refractivity (Wildman–Crippen MR) is 65.4 cm³/mol. The molecule has 1 rings (SSSR count). The van der Waals surface area contributed by atoms with Crippen LogP contribution in [0.2, 0.25) is 0 Å². The van der Waals surface area contributed by atoms with E-state index in [4.69, 9.17) is 20.0 Å². The van der Waals surface area contributed by atoms with E-state index in [1.807, 2.05) is 0 Å². The van der Waals surface area contributed by atoms with Gasteiger partial charge in [-0.1, -0.05) is 0 Å². The molecule has 0 spiro atoms.